The average molecular weight is 389 g/mol. The number of aryl methyl sites for hydroxylation is 2. The van der Waals surface area contributed by atoms with Crippen molar-refractivity contribution in [2.45, 2.75) is 37.1 Å². The fourth-order valence-corrected chi connectivity index (χ4v) is 5.50. The van der Waals surface area contributed by atoms with Crippen molar-refractivity contribution in [2.75, 3.05) is 13.1 Å². The van der Waals surface area contributed by atoms with Gasteiger partial charge in [-0.25, -0.2) is 17.9 Å². The van der Waals surface area contributed by atoms with Gasteiger partial charge in [-0.15, -0.1) is 0 Å². The van der Waals surface area contributed by atoms with Gasteiger partial charge < -0.3 is 5.73 Å². The van der Waals surface area contributed by atoms with Crippen molar-refractivity contribution in [3.05, 3.63) is 41.6 Å². The summed E-state index contributed by atoms with van der Waals surface area (Å²) >= 11 is 0. The van der Waals surface area contributed by atoms with Crippen molar-refractivity contribution in [1.29, 1.82) is 0 Å². The molecule has 27 heavy (non-hydrogen) atoms. The van der Waals surface area contributed by atoms with E-state index in [1.54, 1.807) is 15.9 Å². The summed E-state index contributed by atoms with van der Waals surface area (Å²) < 4.78 is 30.9. The monoisotopic (exact) mass is 389 g/mol. The van der Waals surface area contributed by atoms with E-state index in [4.69, 9.17) is 5.73 Å². The van der Waals surface area contributed by atoms with E-state index >= 15 is 0 Å². The van der Waals surface area contributed by atoms with E-state index < -0.39 is 10.0 Å². The zero-order chi connectivity index (χ0) is 19.2. The Kier molecular flexibility index (Phi) is 4.49. The molecule has 1 saturated heterocycles. The number of pyridine rings is 1. The highest BCUT2D eigenvalue weighted by molar-refractivity contribution is 7.89. The van der Waals surface area contributed by atoms with Gasteiger partial charge in [-0.05, 0) is 42.9 Å². The summed E-state index contributed by atoms with van der Waals surface area (Å²) in [6.07, 6.45) is 6.47. The first-order chi connectivity index (χ1) is 12.9. The molecule has 4 rings (SSSR count). The summed E-state index contributed by atoms with van der Waals surface area (Å²) in [6.45, 7) is 3.15. The van der Waals surface area contributed by atoms with E-state index in [9.17, 15) is 8.42 Å². The number of sulfonamides is 1. The first-order valence-electron chi connectivity index (χ1n) is 8.92. The zero-order valence-electron chi connectivity index (χ0n) is 15.4. The second-order valence-corrected chi connectivity index (χ2v) is 8.84. The molecule has 1 aliphatic rings. The van der Waals surface area contributed by atoms with E-state index in [0.29, 0.717) is 24.7 Å². The Labute approximate surface area is 157 Å². The zero-order valence-corrected chi connectivity index (χ0v) is 16.2. The smallest absolute Gasteiger partial charge is 0.246 e. The highest BCUT2D eigenvalue weighted by Crippen LogP contribution is 2.33. The molecular formula is C17H23N7O2S. The van der Waals surface area contributed by atoms with Gasteiger partial charge in [-0.3, -0.25) is 4.68 Å². The number of nitrogens with zero attached hydrogens (tertiary/aromatic N) is 6. The van der Waals surface area contributed by atoms with Crippen molar-refractivity contribution in [3.8, 4) is 0 Å². The molecule has 0 atom stereocenters. The van der Waals surface area contributed by atoms with Crippen LogP contribution in [0.15, 0.2) is 29.7 Å². The summed E-state index contributed by atoms with van der Waals surface area (Å²) in [6, 6.07) is 2.02. The van der Waals surface area contributed by atoms with Gasteiger partial charge in [0.15, 0.2) is 5.65 Å². The first kappa shape index (κ1) is 18.1. The molecule has 1 aliphatic heterocycles. The number of hydrogen-bond acceptors (Lipinski definition) is 6. The highest BCUT2D eigenvalue weighted by atomic mass is 32.2. The van der Waals surface area contributed by atoms with Crippen LogP contribution >= 0.6 is 0 Å². The van der Waals surface area contributed by atoms with Gasteiger partial charge in [0.25, 0.3) is 0 Å². The van der Waals surface area contributed by atoms with Crippen LogP contribution < -0.4 is 5.73 Å². The quantitative estimate of drug-likeness (QED) is 0.706. The van der Waals surface area contributed by atoms with Crippen LogP contribution in [-0.2, 0) is 23.6 Å². The third kappa shape index (κ3) is 3.03. The minimum atomic E-state index is -3.58. The van der Waals surface area contributed by atoms with Crippen molar-refractivity contribution in [2.24, 2.45) is 12.8 Å². The Morgan fingerprint density at radius 1 is 1.26 bits per heavy atom. The lowest BCUT2D eigenvalue weighted by Crippen LogP contribution is -2.38. The number of aromatic nitrogens is 5. The summed E-state index contributed by atoms with van der Waals surface area (Å²) in [5, 5.41) is 8.27. The van der Waals surface area contributed by atoms with Gasteiger partial charge in [0.1, 0.15) is 11.2 Å². The largest absolute Gasteiger partial charge is 0.325 e. The van der Waals surface area contributed by atoms with E-state index in [0.717, 1.165) is 24.1 Å². The summed E-state index contributed by atoms with van der Waals surface area (Å²) in [5.41, 5.74) is 9.43. The Morgan fingerprint density at radius 3 is 2.70 bits per heavy atom. The molecule has 0 saturated carbocycles. The van der Waals surface area contributed by atoms with E-state index in [-0.39, 0.29) is 11.4 Å². The lowest BCUT2D eigenvalue weighted by molar-refractivity contribution is 0.318. The molecule has 0 aromatic carbocycles. The fraction of sp³-hybridized carbons (Fsp3) is 0.471. The second kappa shape index (κ2) is 6.70. The summed E-state index contributed by atoms with van der Waals surface area (Å²) in [5.74, 6) is 0.299. The molecule has 3 aromatic rings. The molecule has 9 nitrogen and oxygen atoms in total. The van der Waals surface area contributed by atoms with Crippen molar-refractivity contribution >= 4 is 15.7 Å². The van der Waals surface area contributed by atoms with Crippen molar-refractivity contribution in [1.82, 2.24) is 28.7 Å². The van der Waals surface area contributed by atoms with Crippen LogP contribution in [0.3, 0.4) is 0 Å². The van der Waals surface area contributed by atoms with E-state index in [1.807, 2.05) is 12.3 Å². The van der Waals surface area contributed by atoms with Crippen LogP contribution in [0, 0.1) is 6.92 Å². The van der Waals surface area contributed by atoms with Gasteiger partial charge in [0.2, 0.25) is 10.0 Å². The van der Waals surface area contributed by atoms with Crippen LogP contribution in [0.25, 0.3) is 5.65 Å². The van der Waals surface area contributed by atoms with Crippen LogP contribution in [-0.4, -0.2) is 50.2 Å². The highest BCUT2D eigenvalue weighted by Gasteiger charge is 2.33. The minimum Gasteiger partial charge on any atom is -0.325 e. The Morgan fingerprint density at radius 2 is 2.00 bits per heavy atom. The predicted octanol–water partition coefficient (Wildman–Crippen LogP) is 0.798. The third-order valence-corrected chi connectivity index (χ3v) is 7.33. The Bertz CT molecular complexity index is 1080. The SMILES string of the molecule is Cc1cc2ncnn2cc1C1CCN(S(=O)(=O)c2cnn(C)c2CN)CC1. The Hall–Kier alpha value is -2.30. The minimum absolute atomic E-state index is 0.138. The van der Waals surface area contributed by atoms with Crippen LogP contribution in [0.1, 0.15) is 35.6 Å². The normalized spacial score (nSPS) is 17.0. The van der Waals surface area contributed by atoms with Gasteiger partial charge in [0, 0.05) is 32.9 Å². The number of piperidine rings is 1. The lowest BCUT2D eigenvalue weighted by atomic mass is 9.89. The van der Waals surface area contributed by atoms with Crippen LogP contribution in [0.4, 0.5) is 0 Å². The van der Waals surface area contributed by atoms with E-state index in [1.165, 1.54) is 22.8 Å². The molecule has 1 fully saturated rings. The standard InChI is InChI=1S/C17H23N7O2S/c1-12-7-17-19-11-21-24(17)10-14(12)13-3-5-23(6-4-13)27(25,26)16-9-20-22(2)15(16)8-18/h7,9-11,13H,3-6,8,18H2,1-2H3. The number of rotatable bonds is 4. The first-order valence-corrected chi connectivity index (χ1v) is 10.4. The molecule has 10 heteroatoms. The van der Waals surface area contributed by atoms with Gasteiger partial charge in [0.05, 0.1) is 11.9 Å². The topological polar surface area (TPSA) is 111 Å². The molecule has 0 aliphatic carbocycles. The number of fused-ring (bicyclic) bond motifs is 1. The maximum Gasteiger partial charge on any atom is 0.246 e. The van der Waals surface area contributed by atoms with Gasteiger partial charge in [-0.2, -0.15) is 14.5 Å². The van der Waals surface area contributed by atoms with Gasteiger partial charge in [-0.1, -0.05) is 0 Å². The fourth-order valence-electron chi connectivity index (χ4n) is 3.84. The van der Waals surface area contributed by atoms with Crippen LogP contribution in [0.2, 0.25) is 0 Å². The molecular weight excluding hydrogens is 366 g/mol. The van der Waals surface area contributed by atoms with Gasteiger partial charge >= 0.3 is 0 Å². The molecule has 3 aromatic heterocycles. The molecule has 0 radical (unpaired) electrons. The lowest BCUT2D eigenvalue weighted by Gasteiger charge is -2.32. The molecule has 144 valence electrons. The van der Waals surface area contributed by atoms with Crippen LogP contribution in [0.5, 0.6) is 0 Å². The average Bonchev–Trinajstić information content (AvgIpc) is 3.26. The third-order valence-electron chi connectivity index (χ3n) is 5.39. The van der Waals surface area contributed by atoms with Crippen molar-refractivity contribution < 1.29 is 8.42 Å². The summed E-state index contributed by atoms with van der Waals surface area (Å²) in [7, 11) is -1.88. The number of nitrogens with two attached hydrogens (primary N) is 1. The summed E-state index contributed by atoms with van der Waals surface area (Å²) in [4.78, 5) is 4.42. The molecule has 0 spiro atoms. The molecule has 0 bridgehead atoms. The predicted molar refractivity (Wildman–Crippen MR) is 99.6 cm³/mol. The van der Waals surface area contributed by atoms with Crippen molar-refractivity contribution in [3.63, 3.8) is 0 Å². The molecule has 0 unspecified atom stereocenters. The molecule has 0 amide bonds. The maximum absolute atomic E-state index is 13.0. The molecule has 4 heterocycles. The molecule has 2 N–H and O–H groups in total. The maximum atomic E-state index is 13.0. The second-order valence-electron chi connectivity index (χ2n) is 6.94. The Balaban J connectivity index is 1.55. The van der Waals surface area contributed by atoms with E-state index in [2.05, 4.69) is 22.1 Å². The number of hydrogen-bond donors (Lipinski definition) is 1.